The lowest BCUT2D eigenvalue weighted by molar-refractivity contribution is -0.141. The van der Waals surface area contributed by atoms with Gasteiger partial charge in [-0.3, -0.25) is 13.9 Å². The number of sulfonamides is 1. The smallest absolute Gasteiger partial charge is 0.242 e. The molecule has 34 heavy (non-hydrogen) atoms. The first-order valence-electron chi connectivity index (χ1n) is 11.0. The SMILES string of the molecule is CCC(C(=O)NC)N(Cc1ccccc1)C(=O)CCCN(c1ccc(OC)c(Cl)c1)S(C)(=O)=O. The Labute approximate surface area is 206 Å². The molecule has 0 saturated heterocycles. The van der Waals surface area contributed by atoms with Crippen molar-refractivity contribution in [3.8, 4) is 5.75 Å². The minimum absolute atomic E-state index is 0.0796. The van der Waals surface area contributed by atoms with Gasteiger partial charge in [-0.1, -0.05) is 48.9 Å². The van der Waals surface area contributed by atoms with E-state index in [4.69, 9.17) is 16.3 Å². The summed E-state index contributed by atoms with van der Waals surface area (Å²) in [7, 11) is -0.596. The summed E-state index contributed by atoms with van der Waals surface area (Å²) in [4.78, 5) is 27.2. The van der Waals surface area contributed by atoms with Crippen molar-refractivity contribution in [1.29, 1.82) is 0 Å². The lowest BCUT2D eigenvalue weighted by Gasteiger charge is -2.30. The maximum absolute atomic E-state index is 13.2. The number of nitrogens with one attached hydrogen (secondary N) is 1. The van der Waals surface area contributed by atoms with Crippen LogP contribution in [0, 0.1) is 0 Å². The summed E-state index contributed by atoms with van der Waals surface area (Å²) < 4.78 is 31.2. The fourth-order valence-electron chi connectivity index (χ4n) is 3.68. The Morgan fingerprint density at radius 2 is 1.82 bits per heavy atom. The van der Waals surface area contributed by atoms with E-state index in [0.717, 1.165) is 11.8 Å². The topological polar surface area (TPSA) is 96.0 Å². The number of nitrogens with zero attached hydrogens (tertiary/aromatic N) is 2. The molecular weight excluding hydrogens is 478 g/mol. The van der Waals surface area contributed by atoms with Crippen molar-refractivity contribution in [2.45, 2.75) is 38.8 Å². The molecule has 186 valence electrons. The summed E-state index contributed by atoms with van der Waals surface area (Å²) in [5.74, 6) is -0.0247. The van der Waals surface area contributed by atoms with Crippen molar-refractivity contribution in [2.75, 3.05) is 31.3 Å². The lowest BCUT2D eigenvalue weighted by Crippen LogP contribution is -2.48. The summed E-state index contributed by atoms with van der Waals surface area (Å²) in [5, 5.41) is 2.91. The first kappa shape index (κ1) is 27.5. The molecule has 2 aromatic rings. The predicted molar refractivity (Wildman–Crippen MR) is 135 cm³/mol. The van der Waals surface area contributed by atoms with Crippen LogP contribution in [-0.4, -0.2) is 58.1 Å². The first-order chi connectivity index (χ1) is 16.1. The molecule has 2 rings (SSSR count). The van der Waals surface area contributed by atoms with E-state index < -0.39 is 16.1 Å². The van der Waals surface area contributed by atoms with Gasteiger partial charge in [0.25, 0.3) is 0 Å². The second-order valence-corrected chi connectivity index (χ2v) is 10.1. The maximum Gasteiger partial charge on any atom is 0.242 e. The predicted octanol–water partition coefficient (Wildman–Crippen LogP) is 3.45. The molecular formula is C24H32ClN3O5S. The number of likely N-dealkylation sites (N-methyl/N-ethyl adjacent to an activating group) is 1. The summed E-state index contributed by atoms with van der Waals surface area (Å²) >= 11 is 6.18. The molecule has 2 aromatic carbocycles. The van der Waals surface area contributed by atoms with Crippen molar-refractivity contribution < 1.29 is 22.7 Å². The van der Waals surface area contributed by atoms with Crippen LogP contribution in [0.25, 0.3) is 0 Å². The Morgan fingerprint density at radius 1 is 1.15 bits per heavy atom. The fourth-order valence-corrected chi connectivity index (χ4v) is 4.89. The molecule has 0 aliphatic rings. The van der Waals surface area contributed by atoms with Gasteiger partial charge in [0.15, 0.2) is 0 Å². The van der Waals surface area contributed by atoms with Crippen LogP contribution >= 0.6 is 11.6 Å². The van der Waals surface area contributed by atoms with E-state index in [1.807, 2.05) is 37.3 Å². The van der Waals surface area contributed by atoms with E-state index >= 15 is 0 Å². The molecule has 0 aliphatic carbocycles. The molecule has 1 unspecified atom stereocenters. The molecule has 1 atom stereocenters. The quantitative estimate of drug-likeness (QED) is 0.472. The number of carbonyl (C=O) groups excluding carboxylic acids is 2. The molecule has 0 bridgehead atoms. The fraction of sp³-hybridized carbons (Fsp3) is 0.417. The number of carbonyl (C=O) groups is 2. The molecule has 8 nitrogen and oxygen atoms in total. The van der Waals surface area contributed by atoms with E-state index in [-0.39, 0.29) is 42.8 Å². The van der Waals surface area contributed by atoms with Crippen LogP contribution in [0.5, 0.6) is 5.75 Å². The van der Waals surface area contributed by atoms with Gasteiger partial charge in [-0.25, -0.2) is 8.42 Å². The summed E-state index contributed by atoms with van der Waals surface area (Å²) in [6.07, 6.45) is 1.91. The highest BCUT2D eigenvalue weighted by Gasteiger charge is 2.28. The number of anilines is 1. The van der Waals surface area contributed by atoms with Gasteiger partial charge >= 0.3 is 0 Å². The Morgan fingerprint density at radius 3 is 2.35 bits per heavy atom. The number of amides is 2. The number of hydrogen-bond acceptors (Lipinski definition) is 5. The van der Waals surface area contributed by atoms with Gasteiger partial charge in [0.1, 0.15) is 11.8 Å². The molecule has 0 saturated carbocycles. The molecule has 1 N–H and O–H groups in total. The van der Waals surface area contributed by atoms with Crippen LogP contribution in [-0.2, 0) is 26.2 Å². The molecule has 0 aliphatic heterocycles. The third-order valence-electron chi connectivity index (χ3n) is 5.40. The Balaban J connectivity index is 2.18. The summed E-state index contributed by atoms with van der Waals surface area (Å²) in [6, 6.07) is 13.5. The average molecular weight is 510 g/mol. The van der Waals surface area contributed by atoms with E-state index in [1.165, 1.54) is 17.5 Å². The normalized spacial score (nSPS) is 12.0. The van der Waals surface area contributed by atoms with Crippen LogP contribution in [0.1, 0.15) is 31.7 Å². The number of hydrogen-bond donors (Lipinski definition) is 1. The van der Waals surface area contributed by atoms with Gasteiger partial charge in [-0.05, 0) is 36.6 Å². The zero-order chi connectivity index (χ0) is 25.3. The molecule has 0 heterocycles. The minimum atomic E-state index is -3.61. The third kappa shape index (κ3) is 7.36. The molecule has 10 heteroatoms. The van der Waals surface area contributed by atoms with E-state index in [1.54, 1.807) is 24.1 Å². The molecule has 0 radical (unpaired) electrons. The highest BCUT2D eigenvalue weighted by atomic mass is 35.5. The third-order valence-corrected chi connectivity index (χ3v) is 6.89. The van der Waals surface area contributed by atoms with E-state index in [9.17, 15) is 18.0 Å². The number of rotatable bonds is 12. The summed E-state index contributed by atoms with van der Waals surface area (Å²) in [6.45, 7) is 2.22. The molecule has 0 fully saturated rings. The average Bonchev–Trinajstić information content (AvgIpc) is 2.81. The van der Waals surface area contributed by atoms with Crippen LogP contribution in [0.2, 0.25) is 5.02 Å². The number of benzene rings is 2. The van der Waals surface area contributed by atoms with Gasteiger partial charge < -0.3 is 15.0 Å². The molecule has 0 aromatic heterocycles. The zero-order valence-corrected chi connectivity index (χ0v) is 21.5. The monoisotopic (exact) mass is 509 g/mol. The second-order valence-electron chi connectivity index (χ2n) is 7.80. The van der Waals surface area contributed by atoms with Crippen molar-refractivity contribution in [3.05, 3.63) is 59.1 Å². The van der Waals surface area contributed by atoms with Gasteiger partial charge in [0, 0.05) is 26.6 Å². The minimum Gasteiger partial charge on any atom is -0.495 e. The van der Waals surface area contributed by atoms with E-state index in [0.29, 0.717) is 17.9 Å². The van der Waals surface area contributed by atoms with Crippen molar-refractivity contribution in [2.24, 2.45) is 0 Å². The van der Waals surface area contributed by atoms with Gasteiger partial charge in [-0.2, -0.15) is 0 Å². The van der Waals surface area contributed by atoms with Crippen molar-refractivity contribution in [3.63, 3.8) is 0 Å². The molecule has 2 amide bonds. The highest BCUT2D eigenvalue weighted by molar-refractivity contribution is 7.92. The first-order valence-corrected chi connectivity index (χ1v) is 13.2. The standard InChI is InChI=1S/C24H32ClN3O5S/c1-5-21(24(30)26-2)27(17-18-10-7-6-8-11-18)23(29)12-9-15-28(34(4,31)32)19-13-14-22(33-3)20(25)16-19/h6-8,10-11,13-14,16,21H,5,9,12,15,17H2,1-4H3,(H,26,30). The lowest BCUT2D eigenvalue weighted by atomic mass is 10.1. The number of halogens is 1. The van der Waals surface area contributed by atoms with Gasteiger partial charge in [0.05, 0.1) is 24.1 Å². The van der Waals surface area contributed by atoms with E-state index in [2.05, 4.69) is 5.32 Å². The highest BCUT2D eigenvalue weighted by Crippen LogP contribution is 2.30. The Bertz CT molecular complexity index is 1080. The van der Waals surface area contributed by atoms with Crippen LogP contribution in [0.4, 0.5) is 5.69 Å². The maximum atomic E-state index is 13.2. The van der Waals surface area contributed by atoms with Crippen LogP contribution in [0.15, 0.2) is 48.5 Å². The number of methoxy groups -OCH3 is 1. The van der Waals surface area contributed by atoms with Crippen LogP contribution < -0.4 is 14.4 Å². The van der Waals surface area contributed by atoms with Crippen molar-refractivity contribution >= 4 is 39.1 Å². The second kappa shape index (κ2) is 12.6. The molecule has 0 spiro atoms. The Kier molecular flexibility index (Phi) is 10.2. The van der Waals surface area contributed by atoms with Crippen LogP contribution in [0.3, 0.4) is 0 Å². The number of ether oxygens (including phenoxy) is 1. The zero-order valence-electron chi connectivity index (χ0n) is 20.0. The van der Waals surface area contributed by atoms with Gasteiger partial charge in [-0.15, -0.1) is 0 Å². The Hall–Kier alpha value is -2.78. The largest absolute Gasteiger partial charge is 0.495 e. The van der Waals surface area contributed by atoms with Crippen molar-refractivity contribution in [1.82, 2.24) is 10.2 Å². The van der Waals surface area contributed by atoms with Gasteiger partial charge in [0.2, 0.25) is 21.8 Å². The summed E-state index contributed by atoms with van der Waals surface area (Å²) in [5.41, 5.74) is 1.29.